The van der Waals surface area contributed by atoms with E-state index in [-0.39, 0.29) is 6.03 Å². The summed E-state index contributed by atoms with van der Waals surface area (Å²) in [5.74, 6) is 1.22. The van der Waals surface area contributed by atoms with Crippen LogP contribution in [0.5, 0.6) is 5.75 Å². The van der Waals surface area contributed by atoms with Crippen LogP contribution in [0.2, 0.25) is 0 Å². The summed E-state index contributed by atoms with van der Waals surface area (Å²) < 4.78 is 5.80. The first kappa shape index (κ1) is 19.8. The Kier molecular flexibility index (Phi) is 7.07. The fourth-order valence-corrected chi connectivity index (χ4v) is 2.90. The van der Waals surface area contributed by atoms with Crippen LogP contribution in [0.15, 0.2) is 42.5 Å². The van der Waals surface area contributed by atoms with Gasteiger partial charge in [0.1, 0.15) is 5.75 Å². The molecule has 0 saturated heterocycles. The number of hydrogen-bond donors (Lipinski definition) is 2. The molecule has 2 aromatic rings. The summed E-state index contributed by atoms with van der Waals surface area (Å²) in [6.45, 7) is 10.3. The minimum atomic E-state index is -0.432. The first-order valence-electron chi connectivity index (χ1n) is 9.39. The number of carbonyl (C=O) groups excluding carboxylic acids is 1. The van der Waals surface area contributed by atoms with Gasteiger partial charge in [-0.3, -0.25) is 0 Å². The van der Waals surface area contributed by atoms with E-state index in [0.29, 0.717) is 5.92 Å². The molecule has 4 nitrogen and oxygen atoms in total. The molecule has 2 N–H and O–H groups in total. The maximum Gasteiger partial charge on any atom is 0.322 e. The lowest BCUT2D eigenvalue weighted by atomic mass is 10.0. The van der Waals surface area contributed by atoms with Crippen LogP contribution in [0.3, 0.4) is 0 Å². The molecule has 0 bridgehead atoms. The van der Waals surface area contributed by atoms with Crippen LogP contribution >= 0.6 is 0 Å². The van der Waals surface area contributed by atoms with Gasteiger partial charge in [0, 0.05) is 5.69 Å². The third-order valence-electron chi connectivity index (χ3n) is 4.43. The maximum atomic E-state index is 12.4. The fraction of sp³-hybridized carbons (Fsp3) is 0.409. The van der Waals surface area contributed by atoms with Gasteiger partial charge in [-0.2, -0.15) is 0 Å². The van der Waals surface area contributed by atoms with Gasteiger partial charge in [-0.15, -0.1) is 0 Å². The molecule has 140 valence electrons. The van der Waals surface area contributed by atoms with Crippen LogP contribution < -0.4 is 15.4 Å². The molecule has 26 heavy (non-hydrogen) atoms. The zero-order valence-electron chi connectivity index (χ0n) is 16.4. The van der Waals surface area contributed by atoms with Crippen molar-refractivity contribution in [2.45, 2.75) is 59.6 Å². The molecule has 2 amide bonds. The Morgan fingerprint density at radius 1 is 0.962 bits per heavy atom. The molecule has 1 atom stereocenters. The second-order valence-electron chi connectivity index (χ2n) is 6.74. The van der Waals surface area contributed by atoms with E-state index in [1.165, 1.54) is 5.56 Å². The highest BCUT2D eigenvalue weighted by Gasteiger charge is 2.13. The lowest BCUT2D eigenvalue weighted by Crippen LogP contribution is -2.39. The van der Waals surface area contributed by atoms with Crippen molar-refractivity contribution in [1.82, 2.24) is 5.32 Å². The number of nitrogens with one attached hydrogen (secondary N) is 2. The van der Waals surface area contributed by atoms with E-state index in [4.69, 9.17) is 4.74 Å². The smallest absolute Gasteiger partial charge is 0.322 e. The Hall–Kier alpha value is -2.49. The van der Waals surface area contributed by atoms with Gasteiger partial charge in [-0.25, -0.2) is 4.79 Å². The fourth-order valence-electron chi connectivity index (χ4n) is 2.90. The molecular weight excluding hydrogens is 324 g/mol. The van der Waals surface area contributed by atoms with Gasteiger partial charge in [0.2, 0.25) is 0 Å². The molecule has 4 heteroatoms. The topological polar surface area (TPSA) is 50.4 Å². The summed E-state index contributed by atoms with van der Waals surface area (Å²) in [6.07, 6.45) is 1.31. The Morgan fingerprint density at radius 3 is 2.04 bits per heavy atom. The number of hydrogen-bond acceptors (Lipinski definition) is 2. The van der Waals surface area contributed by atoms with Crippen molar-refractivity contribution in [1.29, 1.82) is 0 Å². The predicted octanol–water partition coefficient (Wildman–Crippen LogP) is 5.48. The number of rotatable bonds is 7. The van der Waals surface area contributed by atoms with Crippen molar-refractivity contribution >= 4 is 11.7 Å². The molecule has 1 unspecified atom stereocenters. The van der Waals surface area contributed by atoms with Crippen molar-refractivity contribution in [2.75, 3.05) is 5.32 Å². The van der Waals surface area contributed by atoms with Gasteiger partial charge in [0.25, 0.3) is 0 Å². The van der Waals surface area contributed by atoms with Crippen LogP contribution in [0.25, 0.3) is 0 Å². The average molecular weight is 354 g/mol. The second kappa shape index (κ2) is 9.27. The van der Waals surface area contributed by atoms with Crippen molar-refractivity contribution in [3.8, 4) is 5.75 Å². The number of ether oxygens (including phenoxy) is 1. The van der Waals surface area contributed by atoms with E-state index < -0.39 is 6.23 Å². The molecule has 0 fully saturated rings. The van der Waals surface area contributed by atoms with Crippen LogP contribution in [0.4, 0.5) is 10.5 Å². The van der Waals surface area contributed by atoms with Gasteiger partial charge < -0.3 is 15.4 Å². The maximum absolute atomic E-state index is 12.4. The van der Waals surface area contributed by atoms with E-state index in [1.54, 1.807) is 0 Å². The van der Waals surface area contributed by atoms with Gasteiger partial charge in [-0.05, 0) is 54.5 Å². The quantitative estimate of drug-likeness (QED) is 0.647. The number of anilines is 1. The van der Waals surface area contributed by atoms with E-state index >= 15 is 0 Å². The molecule has 2 aromatic carbocycles. The Labute approximate surface area is 157 Å². The Morgan fingerprint density at radius 2 is 1.54 bits per heavy atom. The van der Waals surface area contributed by atoms with Crippen molar-refractivity contribution in [2.24, 2.45) is 0 Å². The lowest BCUT2D eigenvalue weighted by Gasteiger charge is -2.19. The standard InChI is InChI=1S/C22H30N2O2/c1-6-17-9-8-10-18(7-2)21(17)24-22(25)23-16(5)26-20-13-11-19(12-14-20)15(3)4/h8-16H,6-7H2,1-5H3,(H2,23,24,25). The summed E-state index contributed by atoms with van der Waals surface area (Å²) in [4.78, 5) is 12.4. The first-order valence-corrected chi connectivity index (χ1v) is 9.39. The summed E-state index contributed by atoms with van der Waals surface area (Å²) in [7, 11) is 0. The van der Waals surface area contributed by atoms with Gasteiger partial charge >= 0.3 is 6.03 Å². The number of aryl methyl sites for hydroxylation is 2. The summed E-state index contributed by atoms with van der Waals surface area (Å²) in [5.41, 5.74) is 4.44. The molecule has 0 radical (unpaired) electrons. The SMILES string of the molecule is CCc1cccc(CC)c1NC(=O)NC(C)Oc1ccc(C(C)C)cc1. The number of carbonyl (C=O) groups is 1. The van der Waals surface area contributed by atoms with Gasteiger partial charge in [0.05, 0.1) is 0 Å². The van der Waals surface area contributed by atoms with Crippen molar-refractivity contribution < 1.29 is 9.53 Å². The van der Waals surface area contributed by atoms with Crippen LogP contribution in [0.1, 0.15) is 57.2 Å². The molecule has 0 aliphatic carbocycles. The molecule has 0 heterocycles. The zero-order chi connectivity index (χ0) is 19.1. The zero-order valence-corrected chi connectivity index (χ0v) is 16.4. The van der Waals surface area contributed by atoms with Crippen LogP contribution in [-0.2, 0) is 12.8 Å². The summed E-state index contributed by atoms with van der Waals surface area (Å²) in [6, 6.07) is 13.9. The second-order valence-corrected chi connectivity index (χ2v) is 6.74. The normalized spacial score (nSPS) is 11.9. The molecule has 0 aromatic heterocycles. The number of benzene rings is 2. The molecule has 0 aliphatic heterocycles. The number of urea groups is 1. The molecule has 0 spiro atoms. The third kappa shape index (κ3) is 5.25. The van der Waals surface area contributed by atoms with E-state index in [1.807, 2.05) is 37.3 Å². The first-order chi connectivity index (χ1) is 12.4. The summed E-state index contributed by atoms with van der Waals surface area (Å²) in [5, 5.41) is 5.84. The molecule has 2 rings (SSSR count). The van der Waals surface area contributed by atoms with Crippen molar-refractivity contribution in [3.05, 3.63) is 59.2 Å². The third-order valence-corrected chi connectivity index (χ3v) is 4.43. The highest BCUT2D eigenvalue weighted by atomic mass is 16.5. The minimum absolute atomic E-state index is 0.257. The Bertz CT molecular complexity index is 701. The van der Waals surface area contributed by atoms with Crippen LogP contribution in [-0.4, -0.2) is 12.3 Å². The monoisotopic (exact) mass is 354 g/mol. The number of para-hydroxylation sites is 1. The largest absolute Gasteiger partial charge is 0.471 e. The average Bonchev–Trinajstić information content (AvgIpc) is 2.62. The van der Waals surface area contributed by atoms with Gasteiger partial charge in [-0.1, -0.05) is 58.0 Å². The van der Waals surface area contributed by atoms with Gasteiger partial charge in [0.15, 0.2) is 6.23 Å². The predicted molar refractivity (Wildman–Crippen MR) is 108 cm³/mol. The van der Waals surface area contributed by atoms with E-state index in [9.17, 15) is 4.79 Å². The van der Waals surface area contributed by atoms with Crippen LogP contribution in [0, 0.1) is 0 Å². The van der Waals surface area contributed by atoms with E-state index in [0.717, 1.165) is 35.4 Å². The molecule has 0 aliphatic rings. The highest BCUT2D eigenvalue weighted by molar-refractivity contribution is 5.91. The Balaban J connectivity index is 1.97. The van der Waals surface area contributed by atoms with Crippen molar-refractivity contribution in [3.63, 3.8) is 0 Å². The number of amides is 2. The lowest BCUT2D eigenvalue weighted by molar-refractivity contribution is 0.183. The molecule has 0 saturated carbocycles. The summed E-state index contributed by atoms with van der Waals surface area (Å²) >= 11 is 0. The highest BCUT2D eigenvalue weighted by Crippen LogP contribution is 2.23. The minimum Gasteiger partial charge on any atom is -0.471 e. The molecular formula is C22H30N2O2. The van der Waals surface area contributed by atoms with E-state index in [2.05, 4.69) is 50.5 Å².